The van der Waals surface area contributed by atoms with Crippen molar-refractivity contribution in [3.63, 3.8) is 0 Å². The lowest BCUT2D eigenvalue weighted by atomic mass is 9.97. The van der Waals surface area contributed by atoms with Gasteiger partial charge in [0.2, 0.25) is 0 Å². The fourth-order valence-electron chi connectivity index (χ4n) is 3.51. The van der Waals surface area contributed by atoms with Crippen LogP contribution >= 0.6 is 0 Å². The lowest BCUT2D eigenvalue weighted by Crippen LogP contribution is -2.71. The molecule has 0 aliphatic carbocycles. The maximum atomic E-state index is 14.1. The first-order valence-corrected chi connectivity index (χ1v) is 8.89. The molecule has 4 heterocycles. The molecule has 3 unspecified atom stereocenters. The molecule has 2 saturated heterocycles. The van der Waals surface area contributed by atoms with Crippen molar-refractivity contribution in [2.24, 2.45) is 5.92 Å². The lowest BCUT2D eigenvalue weighted by molar-refractivity contribution is -0.134. The lowest BCUT2D eigenvalue weighted by Gasteiger charge is -2.44. The van der Waals surface area contributed by atoms with Gasteiger partial charge in [-0.15, -0.1) is 15.3 Å². The highest BCUT2D eigenvalue weighted by Crippen LogP contribution is 2.18. The number of nitrogens with zero attached hydrogens (tertiary/aromatic N) is 6. The fourth-order valence-corrected chi connectivity index (χ4v) is 3.51. The van der Waals surface area contributed by atoms with E-state index in [2.05, 4.69) is 35.7 Å². The van der Waals surface area contributed by atoms with Crippen molar-refractivity contribution < 1.29 is 9.18 Å². The van der Waals surface area contributed by atoms with Gasteiger partial charge in [-0.1, -0.05) is 13.8 Å². The van der Waals surface area contributed by atoms with Crippen molar-refractivity contribution in [1.29, 1.82) is 0 Å². The summed E-state index contributed by atoms with van der Waals surface area (Å²) < 4.78 is 15.7. The third-order valence-corrected chi connectivity index (χ3v) is 5.06. The van der Waals surface area contributed by atoms with Crippen molar-refractivity contribution in [2.75, 3.05) is 31.1 Å². The summed E-state index contributed by atoms with van der Waals surface area (Å²) in [5.41, 5.74) is 0.710. The molecule has 2 aromatic heterocycles. The molecular weight excluding hydrogens is 339 g/mol. The second-order valence-electron chi connectivity index (χ2n) is 7.10. The van der Waals surface area contributed by atoms with Gasteiger partial charge in [0, 0.05) is 26.2 Å². The summed E-state index contributed by atoms with van der Waals surface area (Å²) in [7, 11) is 0. The summed E-state index contributed by atoms with van der Waals surface area (Å²) in [4.78, 5) is 16.3. The van der Waals surface area contributed by atoms with E-state index in [1.807, 2.05) is 26.0 Å². The molecule has 2 aromatic rings. The van der Waals surface area contributed by atoms with Crippen LogP contribution in [0, 0.1) is 5.92 Å². The first-order chi connectivity index (χ1) is 12.5. The molecule has 3 atom stereocenters. The number of carbonyl (C=O) groups is 1. The van der Waals surface area contributed by atoms with Crippen LogP contribution in [0.15, 0.2) is 18.5 Å². The minimum atomic E-state index is -1.51. The molecule has 0 bridgehead atoms. The first kappa shape index (κ1) is 17.1. The second-order valence-corrected chi connectivity index (χ2v) is 7.10. The van der Waals surface area contributed by atoms with Gasteiger partial charge in [0.05, 0.1) is 6.04 Å². The number of amides is 1. The van der Waals surface area contributed by atoms with E-state index in [0.29, 0.717) is 5.65 Å². The SMILES string of the molecule is CC(C)C1NC(N2CCN(c3ccc4nncn4n3)CC2)NC(=O)C1F. The molecule has 26 heavy (non-hydrogen) atoms. The van der Waals surface area contributed by atoms with E-state index in [-0.39, 0.29) is 12.2 Å². The van der Waals surface area contributed by atoms with Gasteiger partial charge >= 0.3 is 0 Å². The molecule has 2 N–H and O–H groups in total. The van der Waals surface area contributed by atoms with E-state index in [1.54, 1.807) is 10.8 Å². The number of fused-ring (bicyclic) bond motifs is 1. The van der Waals surface area contributed by atoms with Crippen molar-refractivity contribution in [3.05, 3.63) is 18.5 Å². The Morgan fingerprint density at radius 1 is 1.23 bits per heavy atom. The number of carbonyl (C=O) groups excluding carboxylic acids is 1. The second kappa shape index (κ2) is 6.76. The number of piperazine rings is 1. The van der Waals surface area contributed by atoms with Gasteiger partial charge in [-0.05, 0) is 18.1 Å². The number of hydrogen-bond donors (Lipinski definition) is 2. The molecule has 140 valence electrons. The number of alkyl halides is 1. The van der Waals surface area contributed by atoms with Gasteiger partial charge in [0.25, 0.3) is 5.91 Å². The fraction of sp³-hybridized carbons (Fsp3) is 0.625. The molecule has 4 rings (SSSR count). The van der Waals surface area contributed by atoms with Gasteiger partial charge in [-0.2, -0.15) is 4.52 Å². The summed E-state index contributed by atoms with van der Waals surface area (Å²) in [6.45, 7) is 6.85. The quantitative estimate of drug-likeness (QED) is 0.769. The molecule has 2 aliphatic rings. The van der Waals surface area contributed by atoms with Gasteiger partial charge in [-0.25, -0.2) is 4.39 Å². The van der Waals surface area contributed by atoms with Crippen molar-refractivity contribution in [1.82, 2.24) is 35.3 Å². The van der Waals surface area contributed by atoms with Crippen LogP contribution in [0.4, 0.5) is 10.2 Å². The van der Waals surface area contributed by atoms with Crippen LogP contribution in [0.2, 0.25) is 0 Å². The van der Waals surface area contributed by atoms with E-state index in [0.717, 1.165) is 32.0 Å². The summed E-state index contributed by atoms with van der Waals surface area (Å²) in [6, 6.07) is 3.35. The van der Waals surface area contributed by atoms with Crippen LogP contribution in [-0.4, -0.2) is 75.3 Å². The standard InChI is InChI=1S/C16H23FN8O/c1-10(2)14-13(17)15(26)20-16(19-14)24-7-5-23(6-8-24)12-4-3-11-21-18-9-25(11)22-12/h3-4,9-10,13-14,16,19H,5-8H2,1-2H3,(H,20,26). The predicted molar refractivity (Wildman–Crippen MR) is 93.2 cm³/mol. The van der Waals surface area contributed by atoms with E-state index in [4.69, 9.17) is 0 Å². The molecular formula is C16H23FN8O. The van der Waals surface area contributed by atoms with Gasteiger partial charge in [0.1, 0.15) is 18.4 Å². The highest BCUT2D eigenvalue weighted by molar-refractivity contribution is 5.82. The van der Waals surface area contributed by atoms with Crippen LogP contribution in [0.25, 0.3) is 5.65 Å². The normalized spacial score (nSPS) is 27.9. The largest absolute Gasteiger partial charge is 0.353 e. The third-order valence-electron chi connectivity index (χ3n) is 5.06. The molecule has 0 radical (unpaired) electrons. The first-order valence-electron chi connectivity index (χ1n) is 8.89. The maximum absolute atomic E-state index is 14.1. The Hall–Kier alpha value is -2.33. The highest BCUT2D eigenvalue weighted by atomic mass is 19.1. The Morgan fingerprint density at radius 3 is 2.73 bits per heavy atom. The maximum Gasteiger partial charge on any atom is 0.258 e. The van der Waals surface area contributed by atoms with Gasteiger partial charge in [-0.3, -0.25) is 15.0 Å². The van der Waals surface area contributed by atoms with Gasteiger partial charge < -0.3 is 10.2 Å². The topological polar surface area (TPSA) is 90.7 Å². The average molecular weight is 362 g/mol. The zero-order valence-corrected chi connectivity index (χ0v) is 14.8. The summed E-state index contributed by atoms with van der Waals surface area (Å²) in [6.07, 6.45) is -0.264. The number of aromatic nitrogens is 4. The molecule has 9 nitrogen and oxygen atoms in total. The van der Waals surface area contributed by atoms with E-state index >= 15 is 0 Å². The van der Waals surface area contributed by atoms with Crippen molar-refractivity contribution >= 4 is 17.4 Å². The molecule has 0 saturated carbocycles. The molecule has 1 amide bonds. The number of hydrogen-bond acceptors (Lipinski definition) is 7. The Balaban J connectivity index is 1.40. The summed E-state index contributed by atoms with van der Waals surface area (Å²) in [5, 5.41) is 18.3. The van der Waals surface area contributed by atoms with Crippen LogP contribution in [0.1, 0.15) is 13.8 Å². The number of halogens is 1. The van der Waals surface area contributed by atoms with Crippen LogP contribution in [0.5, 0.6) is 0 Å². The number of anilines is 1. The summed E-state index contributed by atoms with van der Waals surface area (Å²) in [5.74, 6) is 0.371. The average Bonchev–Trinajstić information content (AvgIpc) is 3.11. The number of nitrogens with one attached hydrogen (secondary N) is 2. The molecule has 2 aliphatic heterocycles. The smallest absolute Gasteiger partial charge is 0.258 e. The van der Waals surface area contributed by atoms with Gasteiger partial charge in [0.15, 0.2) is 11.8 Å². The zero-order valence-electron chi connectivity index (χ0n) is 14.8. The minimum Gasteiger partial charge on any atom is -0.353 e. The third kappa shape index (κ3) is 3.10. The number of rotatable bonds is 3. The molecule has 10 heteroatoms. The van der Waals surface area contributed by atoms with Crippen LogP contribution in [-0.2, 0) is 4.79 Å². The van der Waals surface area contributed by atoms with E-state index in [1.165, 1.54) is 0 Å². The Labute approximate surface area is 150 Å². The zero-order chi connectivity index (χ0) is 18.3. The van der Waals surface area contributed by atoms with E-state index in [9.17, 15) is 9.18 Å². The van der Waals surface area contributed by atoms with Crippen LogP contribution in [0.3, 0.4) is 0 Å². The van der Waals surface area contributed by atoms with Crippen molar-refractivity contribution in [3.8, 4) is 0 Å². The Bertz CT molecular complexity index is 787. The predicted octanol–water partition coefficient (Wildman–Crippen LogP) is -0.388. The van der Waals surface area contributed by atoms with E-state index < -0.39 is 18.1 Å². The summed E-state index contributed by atoms with van der Waals surface area (Å²) >= 11 is 0. The highest BCUT2D eigenvalue weighted by Gasteiger charge is 2.40. The monoisotopic (exact) mass is 362 g/mol. The van der Waals surface area contributed by atoms with Crippen molar-refractivity contribution in [2.45, 2.75) is 32.4 Å². The molecule has 2 fully saturated rings. The minimum absolute atomic E-state index is 0.0413. The molecule has 0 spiro atoms. The van der Waals surface area contributed by atoms with Crippen LogP contribution < -0.4 is 15.5 Å². The Kier molecular flexibility index (Phi) is 4.45. The Morgan fingerprint density at radius 2 is 2.00 bits per heavy atom. The molecule has 0 aromatic carbocycles.